The number of ether oxygens (including phenoxy) is 2. The second kappa shape index (κ2) is 4.68. The molecule has 1 heterocycles. The maximum Gasteiger partial charge on any atom is 0.324 e. The number of hydrogen-bond donors (Lipinski definition) is 0. The average Bonchev–Trinajstić information content (AvgIpc) is 2.92. The average molecular weight is 250 g/mol. The van der Waals surface area contributed by atoms with Gasteiger partial charge >= 0.3 is 11.9 Å². The van der Waals surface area contributed by atoms with Gasteiger partial charge in [0.05, 0.1) is 13.4 Å². The lowest BCUT2D eigenvalue weighted by molar-refractivity contribution is -0.164. The number of furan rings is 1. The molecule has 0 spiro atoms. The third-order valence-electron chi connectivity index (χ3n) is 3.14. The van der Waals surface area contributed by atoms with Gasteiger partial charge in [-0.3, -0.25) is 9.59 Å². The first-order valence-corrected chi connectivity index (χ1v) is 5.55. The summed E-state index contributed by atoms with van der Waals surface area (Å²) < 4.78 is 14.8. The van der Waals surface area contributed by atoms with Crippen LogP contribution in [0.15, 0.2) is 35.5 Å². The fourth-order valence-corrected chi connectivity index (χ4v) is 1.97. The lowest BCUT2D eigenvalue weighted by Crippen LogP contribution is -2.30. The summed E-state index contributed by atoms with van der Waals surface area (Å²) in [5, 5.41) is 0. The maximum atomic E-state index is 12.0. The van der Waals surface area contributed by atoms with Crippen LogP contribution in [0.1, 0.15) is 12.2 Å². The van der Waals surface area contributed by atoms with E-state index in [1.807, 2.05) is 0 Å². The van der Waals surface area contributed by atoms with E-state index in [9.17, 15) is 9.59 Å². The molecule has 2 unspecified atom stereocenters. The van der Waals surface area contributed by atoms with Crippen molar-refractivity contribution in [2.45, 2.75) is 13.0 Å². The maximum absolute atomic E-state index is 12.0. The molecule has 1 aliphatic rings. The van der Waals surface area contributed by atoms with Crippen molar-refractivity contribution >= 4 is 11.9 Å². The number of allylic oxidation sites excluding steroid dienone is 1. The van der Waals surface area contributed by atoms with Crippen LogP contribution in [-0.2, 0) is 25.7 Å². The molecular weight excluding hydrogens is 236 g/mol. The number of rotatable bonds is 5. The Hall–Kier alpha value is -2.04. The fraction of sp³-hybridized carbons (Fsp3) is 0.385. The molecule has 5 nitrogen and oxygen atoms in total. The molecule has 1 fully saturated rings. The molecular formula is C13H14O5. The zero-order chi connectivity index (χ0) is 13.2. The van der Waals surface area contributed by atoms with E-state index >= 15 is 0 Å². The minimum atomic E-state index is -1.21. The van der Waals surface area contributed by atoms with Gasteiger partial charge < -0.3 is 13.9 Å². The molecule has 0 amide bonds. The lowest BCUT2D eigenvalue weighted by Gasteiger charge is -2.12. The topological polar surface area (TPSA) is 65.7 Å². The summed E-state index contributed by atoms with van der Waals surface area (Å²) >= 11 is 0. The predicted molar refractivity (Wildman–Crippen MR) is 61.3 cm³/mol. The summed E-state index contributed by atoms with van der Waals surface area (Å²) in [4.78, 5) is 23.7. The minimum absolute atomic E-state index is 0.00837. The van der Waals surface area contributed by atoms with Gasteiger partial charge in [0.1, 0.15) is 12.4 Å². The van der Waals surface area contributed by atoms with Crippen LogP contribution in [0.4, 0.5) is 0 Å². The highest BCUT2D eigenvalue weighted by Gasteiger charge is 2.66. The van der Waals surface area contributed by atoms with Gasteiger partial charge in [-0.05, 0) is 18.6 Å². The Kier molecular flexibility index (Phi) is 3.23. The quantitative estimate of drug-likeness (QED) is 0.452. The Morgan fingerprint density at radius 3 is 2.89 bits per heavy atom. The predicted octanol–water partition coefficient (Wildman–Crippen LogP) is 1.69. The van der Waals surface area contributed by atoms with E-state index in [4.69, 9.17) is 9.15 Å². The number of esters is 2. The molecule has 18 heavy (non-hydrogen) atoms. The van der Waals surface area contributed by atoms with Crippen molar-refractivity contribution < 1.29 is 23.5 Å². The molecule has 0 N–H and O–H groups in total. The molecule has 96 valence electrons. The molecule has 0 saturated heterocycles. The fourth-order valence-electron chi connectivity index (χ4n) is 1.97. The molecule has 0 aromatic carbocycles. The van der Waals surface area contributed by atoms with Crippen molar-refractivity contribution in [1.29, 1.82) is 0 Å². The Morgan fingerprint density at radius 1 is 1.61 bits per heavy atom. The first kappa shape index (κ1) is 12.4. The Balaban J connectivity index is 2.02. The van der Waals surface area contributed by atoms with E-state index in [2.05, 4.69) is 11.3 Å². The largest absolute Gasteiger partial charge is 0.468 e. The lowest BCUT2D eigenvalue weighted by atomic mass is 10.0. The standard InChI is InChI=1S/C13H14O5/c1-3-9-7-13(9,11(14)16-2)12(15)18-8-10-5-4-6-17-10/h3-6,9H,1,7-8H2,2H3. The van der Waals surface area contributed by atoms with Crippen LogP contribution in [0.2, 0.25) is 0 Å². The zero-order valence-electron chi connectivity index (χ0n) is 10.0. The van der Waals surface area contributed by atoms with Gasteiger partial charge in [0.25, 0.3) is 0 Å². The van der Waals surface area contributed by atoms with Gasteiger partial charge in [-0.15, -0.1) is 6.58 Å². The number of carbonyl (C=O) groups is 2. The molecule has 1 saturated carbocycles. The Morgan fingerprint density at radius 2 is 2.39 bits per heavy atom. The molecule has 1 aliphatic carbocycles. The molecule has 2 rings (SSSR count). The van der Waals surface area contributed by atoms with Crippen LogP contribution in [-0.4, -0.2) is 19.0 Å². The summed E-state index contributed by atoms with van der Waals surface area (Å²) in [5.74, 6) is -0.847. The number of carbonyl (C=O) groups excluding carboxylic acids is 2. The molecule has 5 heteroatoms. The van der Waals surface area contributed by atoms with Crippen molar-refractivity contribution in [2.24, 2.45) is 11.3 Å². The summed E-state index contributed by atoms with van der Waals surface area (Å²) in [7, 11) is 1.25. The number of hydrogen-bond acceptors (Lipinski definition) is 5. The zero-order valence-corrected chi connectivity index (χ0v) is 10.0. The summed E-state index contributed by atoms with van der Waals surface area (Å²) in [6, 6.07) is 3.39. The van der Waals surface area contributed by atoms with Crippen LogP contribution < -0.4 is 0 Å². The molecule has 2 atom stereocenters. The van der Waals surface area contributed by atoms with E-state index < -0.39 is 17.4 Å². The van der Waals surface area contributed by atoms with Gasteiger partial charge in [0, 0.05) is 5.92 Å². The van der Waals surface area contributed by atoms with Gasteiger partial charge in [-0.2, -0.15) is 0 Å². The van der Waals surface area contributed by atoms with Crippen molar-refractivity contribution in [2.75, 3.05) is 7.11 Å². The van der Waals surface area contributed by atoms with Crippen LogP contribution in [0, 0.1) is 11.3 Å². The first-order valence-electron chi connectivity index (χ1n) is 5.55. The third-order valence-corrected chi connectivity index (χ3v) is 3.14. The minimum Gasteiger partial charge on any atom is -0.468 e. The second-order valence-corrected chi connectivity index (χ2v) is 4.16. The molecule has 1 aromatic heterocycles. The number of methoxy groups -OCH3 is 1. The SMILES string of the molecule is C=CC1CC1(C(=O)OC)C(=O)OCc1ccco1. The van der Waals surface area contributed by atoms with Crippen molar-refractivity contribution in [3.63, 3.8) is 0 Å². The van der Waals surface area contributed by atoms with E-state index in [0.717, 1.165) is 0 Å². The van der Waals surface area contributed by atoms with Gasteiger partial charge in [0.15, 0.2) is 5.41 Å². The van der Waals surface area contributed by atoms with Gasteiger partial charge in [-0.1, -0.05) is 6.08 Å². The van der Waals surface area contributed by atoms with Crippen LogP contribution in [0.5, 0.6) is 0 Å². The van der Waals surface area contributed by atoms with Crippen molar-refractivity contribution in [1.82, 2.24) is 0 Å². The summed E-state index contributed by atoms with van der Waals surface area (Å²) in [6.07, 6.45) is 3.45. The smallest absolute Gasteiger partial charge is 0.324 e. The van der Waals surface area contributed by atoms with Crippen molar-refractivity contribution in [3.05, 3.63) is 36.8 Å². The summed E-state index contributed by atoms with van der Waals surface area (Å²) in [6.45, 7) is 3.60. The molecule has 0 bridgehead atoms. The highest BCUT2D eigenvalue weighted by atomic mass is 16.6. The van der Waals surface area contributed by atoms with Crippen molar-refractivity contribution in [3.8, 4) is 0 Å². The van der Waals surface area contributed by atoms with Crippen LogP contribution in [0.3, 0.4) is 0 Å². The van der Waals surface area contributed by atoms with E-state index in [1.165, 1.54) is 13.4 Å². The Bertz CT molecular complexity index is 462. The van der Waals surface area contributed by atoms with Crippen LogP contribution in [0.25, 0.3) is 0 Å². The van der Waals surface area contributed by atoms with E-state index in [0.29, 0.717) is 12.2 Å². The highest BCUT2D eigenvalue weighted by molar-refractivity contribution is 6.04. The molecule has 0 radical (unpaired) electrons. The van der Waals surface area contributed by atoms with Crippen LogP contribution >= 0.6 is 0 Å². The summed E-state index contributed by atoms with van der Waals surface area (Å²) in [5.41, 5.74) is -1.21. The first-order chi connectivity index (χ1) is 8.65. The monoisotopic (exact) mass is 250 g/mol. The van der Waals surface area contributed by atoms with E-state index in [-0.39, 0.29) is 12.5 Å². The third kappa shape index (κ3) is 1.92. The van der Waals surface area contributed by atoms with Gasteiger partial charge in [-0.25, -0.2) is 0 Å². The molecule has 0 aliphatic heterocycles. The second-order valence-electron chi connectivity index (χ2n) is 4.16. The van der Waals surface area contributed by atoms with Gasteiger partial charge in [0.2, 0.25) is 0 Å². The Labute approximate surface area is 104 Å². The molecule has 1 aromatic rings. The highest BCUT2D eigenvalue weighted by Crippen LogP contribution is 2.55. The van der Waals surface area contributed by atoms with E-state index in [1.54, 1.807) is 18.2 Å². The normalized spacial score (nSPS) is 25.3.